The lowest BCUT2D eigenvalue weighted by atomic mass is 10.1. The molecular weight excluding hydrogens is 366 g/mol. The van der Waals surface area contributed by atoms with Gasteiger partial charge in [-0.15, -0.1) is 0 Å². The molecule has 0 radical (unpaired) electrons. The Morgan fingerprint density at radius 1 is 1.11 bits per heavy atom. The van der Waals surface area contributed by atoms with Crippen LogP contribution in [-0.4, -0.2) is 0 Å². The summed E-state index contributed by atoms with van der Waals surface area (Å²) in [6.45, 7) is 5.14. The van der Waals surface area contributed by atoms with Gasteiger partial charge in [0.15, 0.2) is 0 Å². The highest BCUT2D eigenvalue weighted by Gasteiger charge is 2.06. The van der Waals surface area contributed by atoms with Crippen LogP contribution in [0.15, 0.2) is 51.4 Å². The summed E-state index contributed by atoms with van der Waals surface area (Å²) in [6.07, 6.45) is 0. The Hall–Kier alpha value is -0.640. The minimum absolute atomic E-state index is 0.325. The molecule has 1 atom stereocenters. The van der Waals surface area contributed by atoms with Gasteiger partial charge in [0.2, 0.25) is 0 Å². The molecule has 0 spiro atoms. The summed E-state index contributed by atoms with van der Waals surface area (Å²) in [5, 5.41) is 3.55. The Bertz CT molecular complexity index is 566. The van der Waals surface area contributed by atoms with Gasteiger partial charge in [-0.25, -0.2) is 0 Å². The van der Waals surface area contributed by atoms with E-state index in [-0.39, 0.29) is 0 Å². The molecular formula is C16H17Br2N. The number of hydrogen-bond acceptors (Lipinski definition) is 1. The lowest BCUT2D eigenvalue weighted by molar-refractivity contribution is 0.573. The van der Waals surface area contributed by atoms with Crippen LogP contribution in [0.4, 0.5) is 0 Å². The first-order valence-electron chi connectivity index (χ1n) is 6.30. The molecule has 0 aliphatic heterocycles. The third-order valence-corrected chi connectivity index (χ3v) is 4.39. The van der Waals surface area contributed by atoms with E-state index in [2.05, 4.69) is 87.4 Å². The molecule has 2 aromatic rings. The van der Waals surface area contributed by atoms with Gasteiger partial charge in [0.1, 0.15) is 0 Å². The maximum absolute atomic E-state index is 3.62. The minimum Gasteiger partial charge on any atom is -0.306 e. The van der Waals surface area contributed by atoms with E-state index in [4.69, 9.17) is 0 Å². The zero-order valence-electron chi connectivity index (χ0n) is 11.1. The first-order chi connectivity index (χ1) is 9.06. The summed E-state index contributed by atoms with van der Waals surface area (Å²) in [6, 6.07) is 15.2. The van der Waals surface area contributed by atoms with E-state index in [1.54, 1.807) is 0 Å². The number of benzene rings is 2. The second-order valence-electron chi connectivity index (χ2n) is 4.75. The van der Waals surface area contributed by atoms with Crippen molar-refractivity contribution in [2.24, 2.45) is 0 Å². The highest BCUT2D eigenvalue weighted by atomic mass is 79.9. The molecule has 100 valence electrons. The highest BCUT2D eigenvalue weighted by Crippen LogP contribution is 2.21. The monoisotopic (exact) mass is 381 g/mol. The summed E-state index contributed by atoms with van der Waals surface area (Å²) in [7, 11) is 0. The Balaban J connectivity index is 2.02. The first kappa shape index (κ1) is 14.8. The van der Waals surface area contributed by atoms with Crippen LogP contribution in [0.2, 0.25) is 0 Å². The van der Waals surface area contributed by atoms with Crippen molar-refractivity contribution < 1.29 is 0 Å². The fraction of sp³-hybridized carbons (Fsp3) is 0.250. The van der Waals surface area contributed by atoms with Gasteiger partial charge < -0.3 is 5.32 Å². The van der Waals surface area contributed by atoms with Crippen LogP contribution >= 0.6 is 31.9 Å². The number of hydrogen-bond donors (Lipinski definition) is 1. The lowest BCUT2D eigenvalue weighted by Crippen LogP contribution is -2.18. The summed E-state index contributed by atoms with van der Waals surface area (Å²) < 4.78 is 2.29. The Morgan fingerprint density at radius 2 is 1.89 bits per heavy atom. The predicted molar refractivity (Wildman–Crippen MR) is 88.3 cm³/mol. The van der Waals surface area contributed by atoms with Gasteiger partial charge in [-0.05, 0) is 48.7 Å². The average molecular weight is 383 g/mol. The Morgan fingerprint density at radius 3 is 2.58 bits per heavy atom. The second kappa shape index (κ2) is 6.69. The smallest absolute Gasteiger partial charge is 0.0295 e. The molecule has 1 unspecified atom stereocenters. The molecule has 0 saturated carbocycles. The minimum atomic E-state index is 0.325. The van der Waals surface area contributed by atoms with Crippen LogP contribution in [-0.2, 0) is 6.54 Å². The van der Waals surface area contributed by atoms with E-state index in [1.165, 1.54) is 21.2 Å². The fourth-order valence-corrected chi connectivity index (χ4v) is 3.00. The SMILES string of the molecule is Cc1ccc(CNC(C)c2cccc(Br)c2)c(Br)c1. The van der Waals surface area contributed by atoms with Crippen LogP contribution in [0.1, 0.15) is 29.7 Å². The molecule has 0 aliphatic rings. The Kier molecular flexibility index (Phi) is 5.20. The van der Waals surface area contributed by atoms with Crippen LogP contribution in [0.25, 0.3) is 0 Å². The van der Waals surface area contributed by atoms with E-state index in [9.17, 15) is 0 Å². The lowest BCUT2D eigenvalue weighted by Gasteiger charge is -2.15. The van der Waals surface area contributed by atoms with Crippen molar-refractivity contribution in [2.75, 3.05) is 0 Å². The highest BCUT2D eigenvalue weighted by molar-refractivity contribution is 9.10. The van der Waals surface area contributed by atoms with E-state index < -0.39 is 0 Å². The zero-order chi connectivity index (χ0) is 13.8. The second-order valence-corrected chi connectivity index (χ2v) is 6.52. The topological polar surface area (TPSA) is 12.0 Å². The van der Waals surface area contributed by atoms with Crippen LogP contribution in [0.3, 0.4) is 0 Å². The van der Waals surface area contributed by atoms with Crippen molar-refractivity contribution in [3.63, 3.8) is 0 Å². The van der Waals surface area contributed by atoms with Gasteiger partial charge in [0, 0.05) is 21.5 Å². The molecule has 0 amide bonds. The maximum Gasteiger partial charge on any atom is 0.0295 e. The van der Waals surface area contributed by atoms with Crippen LogP contribution in [0, 0.1) is 6.92 Å². The summed E-state index contributed by atoms with van der Waals surface area (Å²) >= 11 is 7.13. The molecule has 1 N–H and O–H groups in total. The van der Waals surface area contributed by atoms with Crippen molar-refractivity contribution in [3.8, 4) is 0 Å². The third-order valence-electron chi connectivity index (χ3n) is 3.16. The first-order valence-corrected chi connectivity index (χ1v) is 7.89. The standard InChI is InChI=1S/C16H17Br2N/c1-11-6-7-14(16(18)8-11)10-19-12(2)13-4-3-5-15(17)9-13/h3-9,12,19H,10H2,1-2H3. The molecule has 0 heterocycles. The van der Waals surface area contributed by atoms with Gasteiger partial charge in [0.25, 0.3) is 0 Å². The quantitative estimate of drug-likeness (QED) is 0.749. The molecule has 2 rings (SSSR count). The third kappa shape index (κ3) is 4.16. The van der Waals surface area contributed by atoms with Crippen molar-refractivity contribution >= 4 is 31.9 Å². The zero-order valence-corrected chi connectivity index (χ0v) is 14.3. The van der Waals surface area contributed by atoms with E-state index in [1.807, 2.05) is 6.07 Å². The van der Waals surface area contributed by atoms with E-state index in [0.717, 1.165) is 11.0 Å². The van der Waals surface area contributed by atoms with Gasteiger partial charge in [-0.3, -0.25) is 0 Å². The van der Waals surface area contributed by atoms with Gasteiger partial charge in [0.05, 0.1) is 0 Å². The number of aryl methyl sites for hydroxylation is 1. The van der Waals surface area contributed by atoms with Crippen molar-refractivity contribution in [2.45, 2.75) is 26.4 Å². The fourth-order valence-electron chi connectivity index (χ4n) is 1.95. The molecule has 2 aromatic carbocycles. The summed E-state index contributed by atoms with van der Waals surface area (Å²) in [5.41, 5.74) is 3.85. The number of halogens is 2. The number of nitrogens with one attached hydrogen (secondary N) is 1. The van der Waals surface area contributed by atoms with E-state index >= 15 is 0 Å². The molecule has 0 aliphatic carbocycles. The maximum atomic E-state index is 3.62. The Labute approximate surface area is 131 Å². The molecule has 0 saturated heterocycles. The van der Waals surface area contributed by atoms with Crippen LogP contribution in [0.5, 0.6) is 0 Å². The molecule has 1 nitrogen and oxygen atoms in total. The molecule has 3 heteroatoms. The summed E-state index contributed by atoms with van der Waals surface area (Å²) in [5.74, 6) is 0. The van der Waals surface area contributed by atoms with Gasteiger partial charge >= 0.3 is 0 Å². The largest absolute Gasteiger partial charge is 0.306 e. The normalized spacial score (nSPS) is 12.4. The van der Waals surface area contributed by atoms with Crippen molar-refractivity contribution in [1.29, 1.82) is 0 Å². The molecule has 0 bridgehead atoms. The van der Waals surface area contributed by atoms with Crippen LogP contribution < -0.4 is 5.32 Å². The number of rotatable bonds is 4. The molecule has 0 fully saturated rings. The van der Waals surface area contributed by atoms with E-state index in [0.29, 0.717) is 6.04 Å². The van der Waals surface area contributed by atoms with Gasteiger partial charge in [-0.2, -0.15) is 0 Å². The summed E-state index contributed by atoms with van der Waals surface area (Å²) in [4.78, 5) is 0. The average Bonchev–Trinajstić information content (AvgIpc) is 2.37. The molecule has 0 aromatic heterocycles. The molecule has 19 heavy (non-hydrogen) atoms. The van der Waals surface area contributed by atoms with Crippen molar-refractivity contribution in [1.82, 2.24) is 5.32 Å². The predicted octanol–water partition coefficient (Wildman–Crippen LogP) is 5.37. The van der Waals surface area contributed by atoms with Crippen molar-refractivity contribution in [3.05, 3.63) is 68.1 Å². The van der Waals surface area contributed by atoms with Gasteiger partial charge in [-0.1, -0.05) is 56.1 Å².